The third-order valence-corrected chi connectivity index (χ3v) is 3.65. The van der Waals surface area contributed by atoms with Gasteiger partial charge in [-0.1, -0.05) is 17.2 Å². The van der Waals surface area contributed by atoms with Crippen molar-refractivity contribution in [1.82, 2.24) is 15.3 Å². The molecule has 0 bridgehead atoms. The highest BCUT2D eigenvalue weighted by Crippen LogP contribution is 2.22. The number of fused-ring (bicyclic) bond motifs is 1. The summed E-state index contributed by atoms with van der Waals surface area (Å²) in [5, 5.41) is 2.74. The second-order valence-corrected chi connectivity index (χ2v) is 5.51. The quantitative estimate of drug-likeness (QED) is 0.805. The standard InChI is InChI=1S/C17H15N3O6/c1-19(10-11-5-4-8-25-11)17(24)18-9-14(21)26-20-15(22)12-6-2-3-7-13(12)16(20)23/h2-8H,9-10H2,1H3,(H,18,24). The lowest BCUT2D eigenvalue weighted by molar-refractivity contribution is -0.167. The molecule has 2 aromatic rings. The van der Waals surface area contributed by atoms with Crippen LogP contribution in [0.4, 0.5) is 4.79 Å². The van der Waals surface area contributed by atoms with Crippen LogP contribution in [0.1, 0.15) is 26.5 Å². The summed E-state index contributed by atoms with van der Waals surface area (Å²) in [6.07, 6.45) is 1.49. The first-order chi connectivity index (χ1) is 12.5. The van der Waals surface area contributed by atoms with Crippen LogP contribution in [0.15, 0.2) is 47.1 Å². The van der Waals surface area contributed by atoms with E-state index in [1.54, 1.807) is 24.3 Å². The molecular formula is C17H15N3O6. The van der Waals surface area contributed by atoms with Crippen LogP contribution in [0.5, 0.6) is 0 Å². The summed E-state index contributed by atoms with van der Waals surface area (Å²) in [5.74, 6) is -1.81. The Bertz CT molecular complexity index is 826. The van der Waals surface area contributed by atoms with Crippen LogP contribution in [0.25, 0.3) is 0 Å². The first-order valence-electron chi connectivity index (χ1n) is 7.67. The highest BCUT2D eigenvalue weighted by Gasteiger charge is 2.38. The number of urea groups is 1. The van der Waals surface area contributed by atoms with Crippen molar-refractivity contribution in [1.29, 1.82) is 0 Å². The minimum atomic E-state index is -0.945. The number of amides is 4. The Kier molecular flexibility index (Phi) is 4.70. The van der Waals surface area contributed by atoms with Crippen LogP contribution < -0.4 is 5.32 Å². The number of hydrogen-bond acceptors (Lipinski definition) is 6. The number of nitrogens with zero attached hydrogens (tertiary/aromatic N) is 2. The zero-order valence-corrected chi connectivity index (χ0v) is 13.8. The highest BCUT2D eigenvalue weighted by molar-refractivity contribution is 6.20. The highest BCUT2D eigenvalue weighted by atomic mass is 16.7. The van der Waals surface area contributed by atoms with Gasteiger partial charge in [-0.3, -0.25) is 9.59 Å². The third kappa shape index (κ3) is 3.41. The topological polar surface area (TPSA) is 109 Å². The molecule has 1 aliphatic rings. The summed E-state index contributed by atoms with van der Waals surface area (Å²) in [6, 6.07) is 9.00. The van der Waals surface area contributed by atoms with E-state index in [1.807, 2.05) is 0 Å². The summed E-state index contributed by atoms with van der Waals surface area (Å²) in [6.45, 7) is -0.291. The van der Waals surface area contributed by atoms with Crippen LogP contribution in [-0.4, -0.2) is 47.4 Å². The lowest BCUT2D eigenvalue weighted by Crippen LogP contribution is -2.42. The summed E-state index contributed by atoms with van der Waals surface area (Å²) < 4.78 is 5.13. The Morgan fingerprint density at radius 1 is 1.12 bits per heavy atom. The summed E-state index contributed by atoms with van der Waals surface area (Å²) in [4.78, 5) is 54.1. The molecule has 134 valence electrons. The maximum atomic E-state index is 12.1. The number of carbonyl (C=O) groups is 4. The van der Waals surface area contributed by atoms with Gasteiger partial charge in [0.25, 0.3) is 11.8 Å². The molecule has 4 amide bonds. The molecule has 0 atom stereocenters. The average Bonchev–Trinajstić information content (AvgIpc) is 3.23. The molecule has 0 saturated heterocycles. The number of imide groups is 1. The molecule has 26 heavy (non-hydrogen) atoms. The Balaban J connectivity index is 1.51. The van der Waals surface area contributed by atoms with Crippen molar-refractivity contribution in [2.45, 2.75) is 6.54 Å². The number of hydrogen-bond donors (Lipinski definition) is 1. The molecule has 0 spiro atoms. The molecule has 9 nitrogen and oxygen atoms in total. The lowest BCUT2D eigenvalue weighted by atomic mass is 10.1. The van der Waals surface area contributed by atoms with E-state index in [0.29, 0.717) is 10.8 Å². The van der Waals surface area contributed by atoms with Crippen molar-refractivity contribution in [2.75, 3.05) is 13.6 Å². The monoisotopic (exact) mass is 357 g/mol. The van der Waals surface area contributed by atoms with E-state index in [2.05, 4.69) is 5.32 Å². The Morgan fingerprint density at radius 2 is 1.77 bits per heavy atom. The number of rotatable bonds is 5. The number of carbonyl (C=O) groups excluding carboxylic acids is 4. The van der Waals surface area contributed by atoms with E-state index >= 15 is 0 Å². The van der Waals surface area contributed by atoms with Crippen molar-refractivity contribution >= 4 is 23.8 Å². The zero-order chi connectivity index (χ0) is 18.7. The molecular weight excluding hydrogens is 342 g/mol. The minimum absolute atomic E-state index is 0.160. The first-order valence-corrected chi connectivity index (χ1v) is 7.67. The predicted molar refractivity (Wildman–Crippen MR) is 86.6 cm³/mol. The molecule has 2 heterocycles. The molecule has 0 saturated carbocycles. The van der Waals surface area contributed by atoms with Crippen LogP contribution >= 0.6 is 0 Å². The number of nitrogens with one attached hydrogen (secondary N) is 1. The van der Waals surface area contributed by atoms with Crippen LogP contribution in [0.2, 0.25) is 0 Å². The van der Waals surface area contributed by atoms with Crippen LogP contribution in [0, 0.1) is 0 Å². The van der Waals surface area contributed by atoms with Crippen LogP contribution in [-0.2, 0) is 16.2 Å². The smallest absolute Gasteiger partial charge is 0.352 e. The van der Waals surface area contributed by atoms with E-state index in [0.717, 1.165) is 0 Å². The second-order valence-electron chi connectivity index (χ2n) is 5.51. The molecule has 1 aromatic carbocycles. The van der Waals surface area contributed by atoms with Gasteiger partial charge in [0.2, 0.25) is 0 Å². The summed E-state index contributed by atoms with van der Waals surface area (Å²) >= 11 is 0. The molecule has 0 aliphatic carbocycles. The normalized spacial score (nSPS) is 12.7. The van der Waals surface area contributed by atoms with Crippen molar-refractivity contribution in [3.63, 3.8) is 0 Å². The average molecular weight is 357 g/mol. The maximum Gasteiger partial charge on any atom is 0.352 e. The van der Waals surface area contributed by atoms with Gasteiger partial charge in [-0.25, -0.2) is 9.59 Å². The Labute approximate surface area is 148 Å². The van der Waals surface area contributed by atoms with Gasteiger partial charge >= 0.3 is 12.0 Å². The molecule has 0 fully saturated rings. The van der Waals surface area contributed by atoms with Gasteiger partial charge in [0.15, 0.2) is 0 Å². The van der Waals surface area contributed by atoms with E-state index in [-0.39, 0.29) is 17.7 Å². The van der Waals surface area contributed by atoms with Gasteiger partial charge in [-0.15, -0.1) is 0 Å². The van der Waals surface area contributed by atoms with Gasteiger partial charge < -0.3 is 19.5 Å². The van der Waals surface area contributed by atoms with Gasteiger partial charge in [-0.05, 0) is 24.3 Å². The molecule has 1 aliphatic heterocycles. The Hall–Kier alpha value is -3.62. The second kappa shape index (κ2) is 7.09. The van der Waals surface area contributed by atoms with Gasteiger partial charge in [0.05, 0.1) is 23.9 Å². The predicted octanol–water partition coefficient (Wildman–Crippen LogP) is 1.18. The number of furan rings is 1. The van der Waals surface area contributed by atoms with Gasteiger partial charge in [0.1, 0.15) is 12.3 Å². The van der Waals surface area contributed by atoms with Crippen molar-refractivity contribution in [3.05, 3.63) is 59.5 Å². The molecule has 0 radical (unpaired) electrons. The maximum absolute atomic E-state index is 12.1. The van der Waals surface area contributed by atoms with E-state index in [1.165, 1.54) is 30.3 Å². The molecule has 0 unspecified atom stereocenters. The van der Waals surface area contributed by atoms with Crippen molar-refractivity contribution in [2.24, 2.45) is 0 Å². The fourth-order valence-corrected chi connectivity index (χ4v) is 2.37. The summed E-state index contributed by atoms with van der Waals surface area (Å²) in [7, 11) is 1.52. The molecule has 9 heteroatoms. The minimum Gasteiger partial charge on any atom is -0.467 e. The SMILES string of the molecule is CN(Cc1ccco1)C(=O)NCC(=O)ON1C(=O)c2ccccc2C1=O. The first kappa shape index (κ1) is 17.2. The zero-order valence-electron chi connectivity index (χ0n) is 13.8. The lowest BCUT2D eigenvalue weighted by Gasteiger charge is -2.17. The Morgan fingerprint density at radius 3 is 2.35 bits per heavy atom. The van der Waals surface area contributed by atoms with E-state index in [9.17, 15) is 19.2 Å². The fourth-order valence-electron chi connectivity index (χ4n) is 2.37. The fraction of sp³-hybridized carbons (Fsp3) is 0.176. The molecule has 1 aromatic heterocycles. The number of benzene rings is 1. The van der Waals surface area contributed by atoms with Crippen molar-refractivity contribution < 1.29 is 28.4 Å². The molecule has 1 N–H and O–H groups in total. The van der Waals surface area contributed by atoms with Crippen LogP contribution in [0.3, 0.4) is 0 Å². The van der Waals surface area contributed by atoms with Crippen molar-refractivity contribution in [3.8, 4) is 0 Å². The van der Waals surface area contributed by atoms with Gasteiger partial charge in [-0.2, -0.15) is 0 Å². The summed E-state index contributed by atoms with van der Waals surface area (Å²) in [5.41, 5.74) is 0.319. The van der Waals surface area contributed by atoms with E-state index in [4.69, 9.17) is 9.25 Å². The van der Waals surface area contributed by atoms with Gasteiger partial charge in [0, 0.05) is 7.05 Å². The number of hydroxylamine groups is 2. The molecule has 3 rings (SSSR count). The van der Waals surface area contributed by atoms with E-state index < -0.39 is 30.4 Å². The largest absolute Gasteiger partial charge is 0.467 e. The third-order valence-electron chi connectivity index (χ3n) is 3.65.